The van der Waals surface area contributed by atoms with Gasteiger partial charge in [0.1, 0.15) is 5.69 Å². The number of nitrogens with one attached hydrogen (secondary N) is 1. The van der Waals surface area contributed by atoms with E-state index < -0.39 is 0 Å². The fourth-order valence-corrected chi connectivity index (χ4v) is 2.79. The van der Waals surface area contributed by atoms with Crippen LogP contribution in [0.3, 0.4) is 0 Å². The number of rotatable bonds is 4. The lowest BCUT2D eigenvalue weighted by atomic mass is 10.0. The summed E-state index contributed by atoms with van der Waals surface area (Å²) in [5.41, 5.74) is 4.98. The Morgan fingerprint density at radius 1 is 1.37 bits per heavy atom. The van der Waals surface area contributed by atoms with Crippen LogP contribution in [0, 0.1) is 0 Å². The summed E-state index contributed by atoms with van der Waals surface area (Å²) < 4.78 is 0. The predicted molar refractivity (Wildman–Crippen MR) is 80.3 cm³/mol. The molecule has 0 atom stereocenters. The number of hydrogen-bond acceptors (Lipinski definition) is 3. The molecule has 5 heteroatoms. The molecule has 0 aliphatic carbocycles. The molecule has 0 fully saturated rings. The number of carbonyl (C=O) groups is 1. The Balaban J connectivity index is 2.38. The summed E-state index contributed by atoms with van der Waals surface area (Å²) in [6.07, 6.45) is 1.62. The number of halogens is 1. The van der Waals surface area contributed by atoms with Crippen LogP contribution in [0.15, 0.2) is 23.0 Å². The van der Waals surface area contributed by atoms with Crippen LogP contribution in [0.4, 0.5) is 5.69 Å². The van der Waals surface area contributed by atoms with Crippen molar-refractivity contribution in [1.29, 1.82) is 0 Å². The first-order valence-corrected chi connectivity index (χ1v) is 7.49. The number of amides is 1. The van der Waals surface area contributed by atoms with Crippen LogP contribution in [0.25, 0.3) is 0 Å². The molecule has 1 heterocycles. The molecule has 1 N–H and O–H groups in total. The first kappa shape index (κ1) is 14.0. The summed E-state index contributed by atoms with van der Waals surface area (Å²) in [4.78, 5) is 16.1. The highest BCUT2D eigenvalue weighted by molar-refractivity contribution is 7.07. The van der Waals surface area contributed by atoms with Crippen LogP contribution in [0.2, 0.25) is 5.02 Å². The van der Waals surface area contributed by atoms with Gasteiger partial charge < -0.3 is 5.32 Å². The summed E-state index contributed by atoms with van der Waals surface area (Å²) in [6, 6.07) is 3.84. The van der Waals surface area contributed by atoms with E-state index in [2.05, 4.69) is 17.2 Å². The lowest BCUT2D eigenvalue weighted by Gasteiger charge is -2.15. The highest BCUT2D eigenvalue weighted by Crippen LogP contribution is 2.29. The molecule has 19 heavy (non-hydrogen) atoms. The standard InChI is InChI=1S/C14H15ClN2OS/c1-3-9-5-6-11(15)10(4-2)13(9)17-14(18)12-7-19-8-16-12/h5-8H,3-4H2,1-2H3,(H,17,18). The third kappa shape index (κ3) is 2.96. The molecule has 0 saturated carbocycles. The van der Waals surface area contributed by atoms with Crippen molar-refractivity contribution >= 4 is 34.5 Å². The minimum atomic E-state index is -0.187. The van der Waals surface area contributed by atoms with Gasteiger partial charge in [0, 0.05) is 16.1 Å². The monoisotopic (exact) mass is 294 g/mol. The van der Waals surface area contributed by atoms with E-state index in [9.17, 15) is 4.79 Å². The molecule has 1 amide bonds. The molecule has 0 spiro atoms. The van der Waals surface area contributed by atoms with Gasteiger partial charge in [0.2, 0.25) is 0 Å². The van der Waals surface area contributed by atoms with Crippen molar-refractivity contribution < 1.29 is 4.79 Å². The van der Waals surface area contributed by atoms with Gasteiger partial charge in [-0.15, -0.1) is 11.3 Å². The quantitative estimate of drug-likeness (QED) is 0.919. The number of carbonyl (C=O) groups excluding carboxylic acids is 1. The second-order valence-corrected chi connectivity index (χ2v) is 5.22. The molecule has 2 aromatic rings. The summed E-state index contributed by atoms with van der Waals surface area (Å²) in [5, 5.41) is 5.37. The van der Waals surface area contributed by atoms with Crippen LogP contribution in [-0.2, 0) is 12.8 Å². The minimum absolute atomic E-state index is 0.187. The number of nitrogens with zero attached hydrogens (tertiary/aromatic N) is 1. The maximum absolute atomic E-state index is 12.1. The third-order valence-electron chi connectivity index (χ3n) is 2.98. The van der Waals surface area contributed by atoms with Gasteiger partial charge in [-0.2, -0.15) is 0 Å². The Morgan fingerprint density at radius 3 is 2.74 bits per heavy atom. The van der Waals surface area contributed by atoms with E-state index in [0.29, 0.717) is 10.7 Å². The van der Waals surface area contributed by atoms with E-state index in [1.165, 1.54) is 11.3 Å². The van der Waals surface area contributed by atoms with Crippen LogP contribution in [0.5, 0.6) is 0 Å². The Kier molecular flexibility index (Phi) is 4.56. The summed E-state index contributed by atoms with van der Waals surface area (Å²) in [5.74, 6) is -0.187. The number of aromatic nitrogens is 1. The van der Waals surface area contributed by atoms with Gasteiger partial charge in [0.15, 0.2) is 0 Å². The van der Waals surface area contributed by atoms with E-state index >= 15 is 0 Å². The van der Waals surface area contributed by atoms with Gasteiger partial charge >= 0.3 is 0 Å². The average molecular weight is 295 g/mol. The van der Waals surface area contributed by atoms with Crippen molar-refractivity contribution in [1.82, 2.24) is 4.98 Å². The Hall–Kier alpha value is -1.39. The molecule has 0 bridgehead atoms. The number of hydrogen-bond donors (Lipinski definition) is 1. The van der Waals surface area contributed by atoms with E-state index in [-0.39, 0.29) is 5.91 Å². The summed E-state index contributed by atoms with van der Waals surface area (Å²) in [7, 11) is 0. The maximum atomic E-state index is 12.1. The van der Waals surface area contributed by atoms with Gasteiger partial charge in [-0.05, 0) is 30.0 Å². The first-order chi connectivity index (χ1) is 9.17. The van der Waals surface area contributed by atoms with Gasteiger partial charge in [0.25, 0.3) is 5.91 Å². The normalized spacial score (nSPS) is 10.5. The van der Waals surface area contributed by atoms with Gasteiger partial charge in [0.05, 0.1) is 5.51 Å². The molecular formula is C14H15ClN2OS. The van der Waals surface area contributed by atoms with Crippen molar-refractivity contribution in [3.05, 3.63) is 44.9 Å². The van der Waals surface area contributed by atoms with Crippen LogP contribution < -0.4 is 5.32 Å². The van der Waals surface area contributed by atoms with E-state index in [4.69, 9.17) is 11.6 Å². The Labute approximate surface area is 121 Å². The zero-order valence-electron chi connectivity index (χ0n) is 10.9. The zero-order chi connectivity index (χ0) is 13.8. The number of aryl methyl sites for hydroxylation is 1. The zero-order valence-corrected chi connectivity index (χ0v) is 12.4. The maximum Gasteiger partial charge on any atom is 0.275 e. The summed E-state index contributed by atoms with van der Waals surface area (Å²) in [6.45, 7) is 4.08. The molecule has 0 radical (unpaired) electrons. The first-order valence-electron chi connectivity index (χ1n) is 6.17. The van der Waals surface area contributed by atoms with Crippen molar-refractivity contribution in [2.75, 3.05) is 5.32 Å². The smallest absolute Gasteiger partial charge is 0.275 e. The van der Waals surface area contributed by atoms with Crippen molar-refractivity contribution in [3.63, 3.8) is 0 Å². The Morgan fingerprint density at radius 2 is 2.16 bits per heavy atom. The molecule has 2 rings (SSSR count). The molecule has 0 saturated heterocycles. The van der Waals surface area contributed by atoms with Gasteiger partial charge in [-0.3, -0.25) is 4.79 Å². The van der Waals surface area contributed by atoms with E-state index in [0.717, 1.165) is 29.7 Å². The lowest BCUT2D eigenvalue weighted by Crippen LogP contribution is -2.15. The number of thiazole rings is 1. The lowest BCUT2D eigenvalue weighted by molar-refractivity contribution is 0.102. The SMILES string of the molecule is CCc1ccc(Cl)c(CC)c1NC(=O)c1cscn1. The fourth-order valence-electron chi connectivity index (χ4n) is 1.97. The molecule has 0 aliphatic heterocycles. The van der Waals surface area contributed by atoms with Gasteiger partial charge in [-0.25, -0.2) is 4.98 Å². The van der Waals surface area contributed by atoms with Crippen LogP contribution in [-0.4, -0.2) is 10.9 Å². The fraction of sp³-hybridized carbons (Fsp3) is 0.286. The van der Waals surface area contributed by atoms with Gasteiger partial charge in [-0.1, -0.05) is 31.5 Å². The minimum Gasteiger partial charge on any atom is -0.320 e. The average Bonchev–Trinajstić information content (AvgIpc) is 2.93. The molecule has 100 valence electrons. The highest BCUT2D eigenvalue weighted by Gasteiger charge is 2.15. The van der Waals surface area contributed by atoms with Crippen molar-refractivity contribution in [3.8, 4) is 0 Å². The molecule has 3 nitrogen and oxygen atoms in total. The molecule has 1 aromatic heterocycles. The molecule has 0 aliphatic rings. The summed E-state index contributed by atoms with van der Waals surface area (Å²) >= 11 is 7.61. The molecular weight excluding hydrogens is 280 g/mol. The predicted octanol–water partition coefficient (Wildman–Crippen LogP) is 4.17. The number of benzene rings is 1. The van der Waals surface area contributed by atoms with Crippen LogP contribution in [0.1, 0.15) is 35.5 Å². The van der Waals surface area contributed by atoms with Crippen molar-refractivity contribution in [2.45, 2.75) is 26.7 Å². The van der Waals surface area contributed by atoms with Crippen molar-refractivity contribution in [2.24, 2.45) is 0 Å². The molecule has 0 unspecified atom stereocenters. The topological polar surface area (TPSA) is 42.0 Å². The number of anilines is 1. The van der Waals surface area contributed by atoms with E-state index in [1.807, 2.05) is 19.1 Å². The second kappa shape index (κ2) is 6.17. The Bertz CT molecular complexity index is 581. The van der Waals surface area contributed by atoms with Crippen LogP contribution >= 0.6 is 22.9 Å². The highest BCUT2D eigenvalue weighted by atomic mass is 35.5. The second-order valence-electron chi connectivity index (χ2n) is 4.09. The third-order valence-corrected chi connectivity index (χ3v) is 3.92. The largest absolute Gasteiger partial charge is 0.320 e. The van der Waals surface area contributed by atoms with E-state index in [1.54, 1.807) is 10.9 Å². The molecule has 1 aromatic carbocycles.